The zero-order chi connectivity index (χ0) is 14.0. The highest BCUT2D eigenvalue weighted by Crippen LogP contribution is 2.24. The summed E-state index contributed by atoms with van der Waals surface area (Å²) in [6.45, 7) is 6.08. The van der Waals surface area contributed by atoms with Gasteiger partial charge in [-0.2, -0.15) is 0 Å². The highest BCUT2D eigenvalue weighted by Gasteiger charge is 2.19. The first-order valence-corrected chi connectivity index (χ1v) is 7.63. The van der Waals surface area contributed by atoms with E-state index in [-0.39, 0.29) is 5.78 Å². The molecule has 1 aromatic carbocycles. The number of carbonyl (C=O) groups excluding carboxylic acids is 1. The van der Waals surface area contributed by atoms with Crippen LogP contribution in [0.15, 0.2) is 34.5 Å². The van der Waals surface area contributed by atoms with Crippen molar-refractivity contribution < 1.29 is 4.79 Å². The van der Waals surface area contributed by atoms with Crippen molar-refractivity contribution in [3.05, 3.63) is 46.2 Å². The summed E-state index contributed by atoms with van der Waals surface area (Å²) in [5.74, 6) is 0.207. The minimum absolute atomic E-state index is 0.207. The molecular formula is C16H19NOS. The minimum atomic E-state index is 0.207. The van der Waals surface area contributed by atoms with Gasteiger partial charge in [-0.25, -0.2) is 4.99 Å². The van der Waals surface area contributed by atoms with Crippen LogP contribution >= 0.6 is 11.8 Å². The smallest absolute Gasteiger partial charge is 0.166 e. The number of aliphatic imine (C=N–C) groups is 1. The van der Waals surface area contributed by atoms with E-state index in [1.54, 1.807) is 11.8 Å². The Morgan fingerprint density at radius 2 is 1.79 bits per heavy atom. The molecule has 19 heavy (non-hydrogen) atoms. The Morgan fingerprint density at radius 1 is 1.16 bits per heavy atom. The van der Waals surface area contributed by atoms with Crippen molar-refractivity contribution >= 4 is 22.6 Å². The fourth-order valence-corrected chi connectivity index (χ4v) is 2.84. The van der Waals surface area contributed by atoms with Gasteiger partial charge in [-0.05, 0) is 32.6 Å². The SMILES string of the molecule is CSC1=NC(Cc2cc(C)cc(C)c2)=C(C)C(=O)C1. The molecule has 0 amide bonds. The van der Waals surface area contributed by atoms with E-state index >= 15 is 0 Å². The van der Waals surface area contributed by atoms with Gasteiger partial charge in [-0.15, -0.1) is 11.8 Å². The molecule has 1 heterocycles. The third kappa shape index (κ3) is 3.35. The number of carbonyl (C=O) groups is 1. The largest absolute Gasteiger partial charge is 0.294 e. The molecule has 0 saturated carbocycles. The number of ketones is 1. The van der Waals surface area contributed by atoms with E-state index in [1.807, 2.05) is 13.2 Å². The number of hydrogen-bond donors (Lipinski definition) is 0. The molecule has 0 bridgehead atoms. The van der Waals surface area contributed by atoms with Crippen molar-refractivity contribution in [2.24, 2.45) is 4.99 Å². The van der Waals surface area contributed by atoms with Crippen molar-refractivity contribution in [1.82, 2.24) is 0 Å². The van der Waals surface area contributed by atoms with E-state index in [2.05, 4.69) is 37.0 Å². The van der Waals surface area contributed by atoms with Gasteiger partial charge in [0, 0.05) is 12.0 Å². The number of benzene rings is 1. The number of rotatable bonds is 2. The number of aryl methyl sites for hydroxylation is 2. The molecule has 0 atom stereocenters. The van der Waals surface area contributed by atoms with Crippen LogP contribution in [0.4, 0.5) is 0 Å². The second kappa shape index (κ2) is 5.74. The summed E-state index contributed by atoms with van der Waals surface area (Å²) in [7, 11) is 0. The zero-order valence-corrected chi connectivity index (χ0v) is 12.7. The van der Waals surface area contributed by atoms with Gasteiger partial charge in [0.2, 0.25) is 0 Å². The van der Waals surface area contributed by atoms with Gasteiger partial charge >= 0.3 is 0 Å². The highest BCUT2D eigenvalue weighted by atomic mass is 32.2. The molecule has 100 valence electrons. The fourth-order valence-electron chi connectivity index (χ4n) is 2.36. The number of Topliss-reactive ketones (excluding diaryl/α,β-unsaturated/α-hetero) is 1. The number of allylic oxidation sites excluding steroid dienone is 2. The van der Waals surface area contributed by atoms with Crippen LogP contribution in [0.1, 0.15) is 30.0 Å². The van der Waals surface area contributed by atoms with Crippen LogP contribution in [0.2, 0.25) is 0 Å². The van der Waals surface area contributed by atoms with Gasteiger partial charge in [0.25, 0.3) is 0 Å². The van der Waals surface area contributed by atoms with E-state index in [0.717, 1.165) is 22.7 Å². The number of nitrogens with zero attached hydrogens (tertiary/aromatic N) is 1. The van der Waals surface area contributed by atoms with Gasteiger partial charge in [0.05, 0.1) is 17.2 Å². The Hall–Kier alpha value is -1.35. The van der Waals surface area contributed by atoms with E-state index in [9.17, 15) is 4.79 Å². The first kappa shape index (κ1) is 14.1. The summed E-state index contributed by atoms with van der Waals surface area (Å²) in [5, 5.41) is 0.926. The predicted molar refractivity (Wildman–Crippen MR) is 82.9 cm³/mol. The zero-order valence-electron chi connectivity index (χ0n) is 11.9. The lowest BCUT2D eigenvalue weighted by Gasteiger charge is -2.15. The first-order chi connectivity index (χ1) is 8.99. The number of thioether (sulfide) groups is 1. The molecule has 0 aliphatic carbocycles. The lowest BCUT2D eigenvalue weighted by Crippen LogP contribution is -2.14. The van der Waals surface area contributed by atoms with E-state index in [0.29, 0.717) is 6.42 Å². The second-order valence-corrected chi connectivity index (χ2v) is 5.93. The van der Waals surface area contributed by atoms with Gasteiger partial charge in [0.15, 0.2) is 5.78 Å². The predicted octanol–water partition coefficient (Wildman–Crippen LogP) is 3.85. The topological polar surface area (TPSA) is 29.4 Å². The Labute approximate surface area is 119 Å². The molecule has 2 nitrogen and oxygen atoms in total. The van der Waals surface area contributed by atoms with Crippen molar-refractivity contribution in [1.29, 1.82) is 0 Å². The monoisotopic (exact) mass is 273 g/mol. The maximum absolute atomic E-state index is 11.9. The highest BCUT2D eigenvalue weighted by molar-refractivity contribution is 8.13. The molecule has 0 unspecified atom stereocenters. The van der Waals surface area contributed by atoms with Gasteiger partial charge < -0.3 is 0 Å². The molecule has 0 fully saturated rings. The van der Waals surface area contributed by atoms with Crippen LogP contribution in [0.3, 0.4) is 0 Å². The Kier molecular flexibility index (Phi) is 4.25. The normalized spacial score (nSPS) is 15.8. The van der Waals surface area contributed by atoms with Crippen molar-refractivity contribution in [2.75, 3.05) is 6.26 Å². The van der Waals surface area contributed by atoms with Crippen LogP contribution in [0, 0.1) is 13.8 Å². The molecule has 0 N–H and O–H groups in total. The van der Waals surface area contributed by atoms with Gasteiger partial charge in [-0.3, -0.25) is 4.79 Å². The van der Waals surface area contributed by atoms with E-state index in [1.165, 1.54) is 16.7 Å². The minimum Gasteiger partial charge on any atom is -0.294 e. The summed E-state index contributed by atoms with van der Waals surface area (Å²) in [6.07, 6.45) is 3.18. The van der Waals surface area contributed by atoms with Gasteiger partial charge in [-0.1, -0.05) is 29.3 Å². The number of hydrogen-bond acceptors (Lipinski definition) is 3. The van der Waals surface area contributed by atoms with Gasteiger partial charge in [0.1, 0.15) is 0 Å². The maximum Gasteiger partial charge on any atom is 0.166 e. The summed E-state index contributed by atoms with van der Waals surface area (Å²) in [4.78, 5) is 16.6. The summed E-state index contributed by atoms with van der Waals surface area (Å²) >= 11 is 1.57. The quantitative estimate of drug-likeness (QED) is 0.819. The summed E-state index contributed by atoms with van der Waals surface area (Å²) in [5.41, 5.74) is 5.47. The lowest BCUT2D eigenvalue weighted by molar-refractivity contribution is -0.114. The Morgan fingerprint density at radius 3 is 2.37 bits per heavy atom. The van der Waals surface area contributed by atoms with E-state index < -0.39 is 0 Å². The molecule has 1 aliphatic heterocycles. The van der Waals surface area contributed by atoms with Crippen LogP contribution in [0.5, 0.6) is 0 Å². The van der Waals surface area contributed by atoms with E-state index in [4.69, 9.17) is 0 Å². The van der Waals surface area contributed by atoms with Crippen LogP contribution in [-0.4, -0.2) is 17.1 Å². The second-order valence-electron chi connectivity index (χ2n) is 5.05. The molecular weight excluding hydrogens is 254 g/mol. The van der Waals surface area contributed by atoms with Crippen molar-refractivity contribution in [2.45, 2.75) is 33.6 Å². The summed E-state index contributed by atoms with van der Waals surface area (Å²) in [6, 6.07) is 6.49. The van der Waals surface area contributed by atoms with Crippen molar-refractivity contribution in [3.63, 3.8) is 0 Å². The Balaban J connectivity index is 2.33. The standard InChI is InChI=1S/C16H19NOS/c1-10-5-11(2)7-13(6-10)8-14-12(3)15(18)9-16(17-14)19-4/h5-7H,8-9H2,1-4H3. The molecule has 0 saturated heterocycles. The van der Waals surface area contributed by atoms with Crippen LogP contribution < -0.4 is 0 Å². The molecule has 0 spiro atoms. The first-order valence-electron chi connectivity index (χ1n) is 6.41. The fraction of sp³-hybridized carbons (Fsp3) is 0.375. The van der Waals surface area contributed by atoms with Crippen molar-refractivity contribution in [3.8, 4) is 0 Å². The molecule has 1 aliphatic rings. The average molecular weight is 273 g/mol. The third-order valence-electron chi connectivity index (χ3n) is 3.31. The molecule has 0 aromatic heterocycles. The average Bonchev–Trinajstić information content (AvgIpc) is 2.33. The van der Waals surface area contributed by atoms with Crippen LogP contribution in [0.25, 0.3) is 0 Å². The molecule has 3 heteroatoms. The maximum atomic E-state index is 11.9. The molecule has 0 radical (unpaired) electrons. The Bertz CT molecular complexity index is 564. The molecule has 1 aromatic rings. The molecule has 2 rings (SSSR count). The lowest BCUT2D eigenvalue weighted by atomic mass is 9.98. The third-order valence-corrected chi connectivity index (χ3v) is 4.02. The van der Waals surface area contributed by atoms with Crippen LogP contribution in [-0.2, 0) is 11.2 Å². The summed E-state index contributed by atoms with van der Waals surface area (Å²) < 4.78 is 0.